The second kappa shape index (κ2) is 7.69. The van der Waals surface area contributed by atoms with Crippen molar-refractivity contribution in [3.8, 4) is 0 Å². The summed E-state index contributed by atoms with van der Waals surface area (Å²) >= 11 is 1.15. The van der Waals surface area contributed by atoms with Crippen LogP contribution >= 0.6 is 11.5 Å². The minimum atomic E-state index is -0.0860. The Kier molecular flexibility index (Phi) is 5.91. The van der Waals surface area contributed by atoms with Gasteiger partial charge in [0.25, 0.3) is 5.91 Å². The first-order chi connectivity index (χ1) is 9.72. The Bertz CT molecular complexity index is 436. The number of ether oxygens (including phenoxy) is 1. The van der Waals surface area contributed by atoms with Crippen molar-refractivity contribution >= 4 is 17.4 Å². The number of hydrogen-bond acceptors (Lipinski definition) is 5. The first kappa shape index (κ1) is 15.4. The highest BCUT2D eigenvalue weighted by atomic mass is 32.1. The van der Waals surface area contributed by atoms with E-state index in [1.807, 2.05) is 6.92 Å². The number of rotatable bonds is 6. The molecule has 0 spiro atoms. The number of carbonyl (C=O) groups is 1. The third kappa shape index (κ3) is 3.99. The molecule has 0 aliphatic heterocycles. The highest BCUT2D eigenvalue weighted by Gasteiger charge is 2.21. The van der Waals surface area contributed by atoms with Crippen LogP contribution in [0.3, 0.4) is 0 Å². The Morgan fingerprint density at radius 2 is 2.25 bits per heavy atom. The van der Waals surface area contributed by atoms with E-state index in [-0.39, 0.29) is 5.91 Å². The fourth-order valence-electron chi connectivity index (χ4n) is 2.60. The molecule has 0 aromatic carbocycles. The van der Waals surface area contributed by atoms with Crippen LogP contribution in [0.25, 0.3) is 0 Å². The van der Waals surface area contributed by atoms with E-state index < -0.39 is 0 Å². The Labute approximate surface area is 124 Å². The molecule has 112 valence electrons. The van der Waals surface area contributed by atoms with Gasteiger partial charge in [0.1, 0.15) is 4.88 Å². The summed E-state index contributed by atoms with van der Waals surface area (Å²) in [4.78, 5) is 12.6. The third-order valence-corrected chi connectivity index (χ3v) is 4.62. The van der Waals surface area contributed by atoms with Crippen molar-refractivity contribution < 1.29 is 9.53 Å². The summed E-state index contributed by atoms with van der Waals surface area (Å²) in [6.07, 6.45) is 6.06. The van der Waals surface area contributed by atoms with E-state index in [4.69, 9.17) is 4.74 Å². The zero-order valence-corrected chi connectivity index (χ0v) is 13.0. The second-order valence-corrected chi connectivity index (χ2v) is 6.08. The predicted molar refractivity (Wildman–Crippen MR) is 79.0 cm³/mol. The fourth-order valence-corrected chi connectivity index (χ4v) is 3.26. The van der Waals surface area contributed by atoms with Crippen LogP contribution < -0.4 is 5.32 Å². The molecular formula is C14H23N3O2S. The fraction of sp³-hybridized carbons (Fsp3) is 0.786. The molecule has 20 heavy (non-hydrogen) atoms. The summed E-state index contributed by atoms with van der Waals surface area (Å²) in [7, 11) is 0. The largest absolute Gasteiger partial charge is 0.376 e. The van der Waals surface area contributed by atoms with E-state index in [1.54, 1.807) is 0 Å². The highest BCUT2D eigenvalue weighted by Crippen LogP contribution is 2.25. The van der Waals surface area contributed by atoms with E-state index in [1.165, 1.54) is 19.3 Å². The molecule has 0 bridgehead atoms. The summed E-state index contributed by atoms with van der Waals surface area (Å²) in [5.41, 5.74) is 0.773. The number of carbonyl (C=O) groups excluding carboxylic acids is 1. The van der Waals surface area contributed by atoms with Gasteiger partial charge in [0.15, 0.2) is 0 Å². The lowest BCUT2D eigenvalue weighted by molar-refractivity contribution is -0.00293. The molecule has 0 radical (unpaired) electrons. The molecular weight excluding hydrogens is 274 g/mol. The predicted octanol–water partition coefficient (Wildman–Crippen LogP) is 2.43. The zero-order valence-electron chi connectivity index (χ0n) is 12.2. The van der Waals surface area contributed by atoms with Gasteiger partial charge in [-0.15, -0.1) is 5.10 Å². The lowest BCUT2D eigenvalue weighted by Crippen LogP contribution is -2.31. The van der Waals surface area contributed by atoms with Crippen molar-refractivity contribution in [2.24, 2.45) is 5.92 Å². The average molecular weight is 297 g/mol. The summed E-state index contributed by atoms with van der Waals surface area (Å²) in [6, 6.07) is 0. The molecule has 1 aromatic heterocycles. The van der Waals surface area contributed by atoms with Gasteiger partial charge in [-0.1, -0.05) is 31.2 Å². The van der Waals surface area contributed by atoms with Crippen LogP contribution in [-0.2, 0) is 11.2 Å². The summed E-state index contributed by atoms with van der Waals surface area (Å²) in [6.45, 7) is 5.34. The van der Waals surface area contributed by atoms with Crippen LogP contribution in [0, 0.1) is 5.92 Å². The first-order valence-electron chi connectivity index (χ1n) is 7.43. The quantitative estimate of drug-likeness (QED) is 0.819. The lowest BCUT2D eigenvalue weighted by Gasteiger charge is -2.28. The average Bonchev–Trinajstić information content (AvgIpc) is 2.93. The second-order valence-electron chi connectivity index (χ2n) is 5.33. The van der Waals surface area contributed by atoms with Crippen molar-refractivity contribution in [1.82, 2.24) is 14.9 Å². The van der Waals surface area contributed by atoms with E-state index in [0.29, 0.717) is 30.1 Å². The molecule has 0 unspecified atom stereocenters. The molecule has 1 N–H and O–H groups in total. The zero-order chi connectivity index (χ0) is 14.4. The number of nitrogens with zero attached hydrogens (tertiary/aromatic N) is 2. The van der Waals surface area contributed by atoms with Gasteiger partial charge < -0.3 is 10.1 Å². The van der Waals surface area contributed by atoms with Crippen LogP contribution in [0.4, 0.5) is 0 Å². The van der Waals surface area contributed by atoms with Crippen LogP contribution in [-0.4, -0.2) is 34.7 Å². The number of aromatic nitrogens is 2. The molecule has 1 aliphatic carbocycles. The Morgan fingerprint density at radius 3 is 3.00 bits per heavy atom. The van der Waals surface area contributed by atoms with E-state index >= 15 is 0 Å². The van der Waals surface area contributed by atoms with Crippen LogP contribution in [0.15, 0.2) is 0 Å². The molecule has 1 heterocycles. The maximum atomic E-state index is 12.0. The topological polar surface area (TPSA) is 64.1 Å². The van der Waals surface area contributed by atoms with Gasteiger partial charge in [0.2, 0.25) is 0 Å². The maximum Gasteiger partial charge on any atom is 0.265 e. The molecule has 1 saturated carbocycles. The monoisotopic (exact) mass is 297 g/mol. The van der Waals surface area contributed by atoms with Crippen molar-refractivity contribution in [2.75, 3.05) is 13.2 Å². The molecule has 5 nitrogen and oxygen atoms in total. The standard InChI is InChI=1S/C14H23N3O2S/c1-3-11-13(20-17-16-11)14(18)15-8-9-19-12-7-5-4-6-10(12)2/h10,12H,3-9H2,1-2H3,(H,15,18)/t10-,12+/m0/s1. The maximum absolute atomic E-state index is 12.0. The molecule has 2 atom stereocenters. The molecule has 1 aliphatic rings. The molecule has 1 amide bonds. The van der Waals surface area contributed by atoms with Gasteiger partial charge in [0.05, 0.1) is 18.4 Å². The minimum Gasteiger partial charge on any atom is -0.376 e. The van der Waals surface area contributed by atoms with Crippen molar-refractivity contribution in [1.29, 1.82) is 0 Å². The van der Waals surface area contributed by atoms with Crippen LogP contribution in [0.2, 0.25) is 0 Å². The number of hydrogen-bond donors (Lipinski definition) is 1. The smallest absolute Gasteiger partial charge is 0.265 e. The first-order valence-corrected chi connectivity index (χ1v) is 8.20. The van der Waals surface area contributed by atoms with E-state index in [0.717, 1.165) is 30.1 Å². The Morgan fingerprint density at radius 1 is 1.45 bits per heavy atom. The van der Waals surface area contributed by atoms with Gasteiger partial charge in [-0.25, -0.2) is 0 Å². The summed E-state index contributed by atoms with van der Waals surface area (Å²) < 4.78 is 9.70. The lowest BCUT2D eigenvalue weighted by atomic mass is 9.88. The number of aryl methyl sites for hydroxylation is 1. The highest BCUT2D eigenvalue weighted by molar-refractivity contribution is 7.08. The van der Waals surface area contributed by atoms with Crippen molar-refractivity contribution in [3.63, 3.8) is 0 Å². The van der Waals surface area contributed by atoms with Crippen LogP contribution in [0.5, 0.6) is 0 Å². The SMILES string of the molecule is CCc1nnsc1C(=O)NCCO[C@@H]1CCCC[C@@H]1C. The van der Waals surface area contributed by atoms with E-state index in [9.17, 15) is 4.79 Å². The molecule has 6 heteroatoms. The number of nitrogens with one attached hydrogen (secondary N) is 1. The molecule has 1 fully saturated rings. The van der Waals surface area contributed by atoms with Gasteiger partial charge in [-0.2, -0.15) is 0 Å². The minimum absolute atomic E-state index is 0.0860. The third-order valence-electron chi connectivity index (χ3n) is 3.85. The van der Waals surface area contributed by atoms with Gasteiger partial charge >= 0.3 is 0 Å². The summed E-state index contributed by atoms with van der Waals surface area (Å²) in [5.74, 6) is 0.550. The molecule has 2 rings (SSSR count). The van der Waals surface area contributed by atoms with Gasteiger partial charge in [-0.05, 0) is 36.7 Å². The normalized spacial score (nSPS) is 22.7. The molecule has 0 saturated heterocycles. The van der Waals surface area contributed by atoms with Crippen molar-refractivity contribution in [2.45, 2.75) is 52.1 Å². The van der Waals surface area contributed by atoms with E-state index in [2.05, 4.69) is 21.8 Å². The molecule has 1 aromatic rings. The van der Waals surface area contributed by atoms with Crippen LogP contribution in [0.1, 0.15) is 54.9 Å². The van der Waals surface area contributed by atoms with Gasteiger partial charge in [0, 0.05) is 6.54 Å². The Balaban J connectivity index is 1.69. The summed E-state index contributed by atoms with van der Waals surface area (Å²) in [5, 5.41) is 6.82. The van der Waals surface area contributed by atoms with Crippen molar-refractivity contribution in [3.05, 3.63) is 10.6 Å². The number of amides is 1. The Hall–Kier alpha value is -1.01. The van der Waals surface area contributed by atoms with Gasteiger partial charge in [-0.3, -0.25) is 4.79 Å².